The molecule has 0 bridgehead atoms. The van der Waals surface area contributed by atoms with E-state index in [1.807, 2.05) is 24.3 Å². The molecule has 1 atom stereocenters. The van der Waals surface area contributed by atoms with Crippen LogP contribution < -0.4 is 0 Å². The first-order valence-corrected chi connectivity index (χ1v) is 5.50. The van der Waals surface area contributed by atoms with Crippen molar-refractivity contribution in [3.8, 4) is 0 Å². The molecule has 0 N–H and O–H groups in total. The predicted molar refractivity (Wildman–Crippen MR) is 59.0 cm³/mol. The summed E-state index contributed by atoms with van der Waals surface area (Å²) < 4.78 is 5.68. The molecule has 0 amide bonds. The van der Waals surface area contributed by atoms with Crippen molar-refractivity contribution >= 4 is 5.78 Å². The Morgan fingerprint density at radius 2 is 2.00 bits per heavy atom. The van der Waals surface area contributed by atoms with Crippen LogP contribution >= 0.6 is 0 Å². The van der Waals surface area contributed by atoms with Gasteiger partial charge in [0.05, 0.1) is 6.10 Å². The molecule has 0 aliphatic carbocycles. The Morgan fingerprint density at radius 3 is 2.53 bits per heavy atom. The molecule has 1 fully saturated rings. The van der Waals surface area contributed by atoms with Gasteiger partial charge in [-0.05, 0) is 31.7 Å². The van der Waals surface area contributed by atoms with E-state index in [1.54, 1.807) is 6.92 Å². The second kappa shape index (κ2) is 4.58. The Hall–Kier alpha value is -1.15. The molecule has 1 aliphatic rings. The highest BCUT2D eigenvalue weighted by Crippen LogP contribution is 2.27. The third-order valence-electron chi connectivity index (χ3n) is 2.87. The number of rotatable bonds is 2. The monoisotopic (exact) mass is 204 g/mol. The first kappa shape index (κ1) is 10.4. The summed E-state index contributed by atoms with van der Waals surface area (Å²) in [6.45, 7) is 2.45. The average Bonchev–Trinajstić information content (AvgIpc) is 2.30. The molecule has 2 nitrogen and oxygen atoms in total. The third kappa shape index (κ3) is 2.45. The van der Waals surface area contributed by atoms with Crippen LogP contribution in [0.5, 0.6) is 0 Å². The molecule has 1 heterocycles. The Kier molecular flexibility index (Phi) is 3.17. The maximum atomic E-state index is 11.1. The second-order valence-corrected chi connectivity index (χ2v) is 4.03. The lowest BCUT2D eigenvalue weighted by atomic mass is 10.00. The number of ether oxygens (including phenoxy) is 1. The van der Waals surface area contributed by atoms with Crippen LogP contribution in [0.1, 0.15) is 48.2 Å². The molecule has 1 aliphatic heterocycles. The Bertz CT molecular complexity index is 334. The first-order chi connectivity index (χ1) is 7.27. The third-order valence-corrected chi connectivity index (χ3v) is 2.87. The van der Waals surface area contributed by atoms with Crippen LogP contribution in [0.3, 0.4) is 0 Å². The smallest absolute Gasteiger partial charge is 0.159 e. The van der Waals surface area contributed by atoms with E-state index in [0.717, 1.165) is 18.6 Å². The molecule has 1 unspecified atom stereocenters. The normalized spacial score (nSPS) is 21.3. The Balaban J connectivity index is 2.11. The van der Waals surface area contributed by atoms with Crippen LogP contribution in [0.2, 0.25) is 0 Å². The summed E-state index contributed by atoms with van der Waals surface area (Å²) in [5.41, 5.74) is 1.97. The van der Waals surface area contributed by atoms with Crippen molar-refractivity contribution in [2.75, 3.05) is 6.61 Å². The largest absolute Gasteiger partial charge is 0.374 e. The van der Waals surface area contributed by atoms with Gasteiger partial charge in [-0.25, -0.2) is 0 Å². The van der Waals surface area contributed by atoms with Crippen LogP contribution in [0.25, 0.3) is 0 Å². The fraction of sp³-hybridized carbons (Fsp3) is 0.462. The van der Waals surface area contributed by atoms with Gasteiger partial charge in [-0.2, -0.15) is 0 Å². The summed E-state index contributed by atoms with van der Waals surface area (Å²) in [6, 6.07) is 7.78. The van der Waals surface area contributed by atoms with Gasteiger partial charge in [0.25, 0.3) is 0 Å². The van der Waals surface area contributed by atoms with Crippen molar-refractivity contribution in [2.24, 2.45) is 0 Å². The zero-order valence-electron chi connectivity index (χ0n) is 9.03. The van der Waals surface area contributed by atoms with Crippen molar-refractivity contribution in [3.05, 3.63) is 35.4 Å². The number of carbonyl (C=O) groups is 1. The van der Waals surface area contributed by atoms with E-state index < -0.39 is 0 Å². The van der Waals surface area contributed by atoms with Gasteiger partial charge >= 0.3 is 0 Å². The van der Waals surface area contributed by atoms with Gasteiger partial charge in [0.15, 0.2) is 5.78 Å². The van der Waals surface area contributed by atoms with Crippen LogP contribution in [0, 0.1) is 0 Å². The molecule has 80 valence electrons. The summed E-state index contributed by atoms with van der Waals surface area (Å²) in [7, 11) is 0. The van der Waals surface area contributed by atoms with Gasteiger partial charge in [-0.1, -0.05) is 24.3 Å². The number of hydrogen-bond acceptors (Lipinski definition) is 2. The number of hydrogen-bond donors (Lipinski definition) is 0. The molecule has 1 aromatic carbocycles. The summed E-state index contributed by atoms with van der Waals surface area (Å²) in [6.07, 6.45) is 3.74. The summed E-state index contributed by atoms with van der Waals surface area (Å²) in [4.78, 5) is 11.1. The lowest BCUT2D eigenvalue weighted by Gasteiger charge is -2.22. The number of ketones is 1. The second-order valence-electron chi connectivity index (χ2n) is 4.03. The maximum absolute atomic E-state index is 11.1. The van der Waals surface area contributed by atoms with E-state index in [0.29, 0.717) is 0 Å². The molecule has 0 saturated carbocycles. The highest BCUT2D eigenvalue weighted by Gasteiger charge is 2.15. The van der Waals surface area contributed by atoms with Crippen LogP contribution in [0.15, 0.2) is 24.3 Å². The van der Waals surface area contributed by atoms with Crippen molar-refractivity contribution in [3.63, 3.8) is 0 Å². The average molecular weight is 204 g/mol. The van der Waals surface area contributed by atoms with Crippen LogP contribution in [-0.2, 0) is 4.74 Å². The molecular formula is C13H16O2. The molecule has 1 saturated heterocycles. The molecular weight excluding hydrogens is 188 g/mol. The predicted octanol–water partition coefficient (Wildman–Crippen LogP) is 3.13. The van der Waals surface area contributed by atoms with E-state index in [2.05, 4.69) is 0 Å². The highest BCUT2D eigenvalue weighted by atomic mass is 16.5. The van der Waals surface area contributed by atoms with E-state index in [4.69, 9.17) is 4.74 Å². The molecule has 1 aromatic rings. The van der Waals surface area contributed by atoms with Crippen molar-refractivity contribution in [2.45, 2.75) is 32.3 Å². The standard InChI is InChI=1S/C13H16O2/c1-10(14)11-5-7-12(8-6-11)13-4-2-3-9-15-13/h5-8,13H,2-4,9H2,1H3. The number of benzene rings is 1. The van der Waals surface area contributed by atoms with Crippen LogP contribution in [-0.4, -0.2) is 12.4 Å². The van der Waals surface area contributed by atoms with Crippen molar-refractivity contribution in [1.29, 1.82) is 0 Å². The lowest BCUT2D eigenvalue weighted by Crippen LogP contribution is -2.11. The van der Waals surface area contributed by atoms with E-state index in [9.17, 15) is 4.79 Å². The maximum Gasteiger partial charge on any atom is 0.159 e. The zero-order chi connectivity index (χ0) is 10.7. The SMILES string of the molecule is CC(=O)c1ccc(C2CCCCO2)cc1. The van der Waals surface area contributed by atoms with Gasteiger partial charge in [0.1, 0.15) is 0 Å². The number of Topliss-reactive ketones (excluding diaryl/α,β-unsaturated/α-hetero) is 1. The highest BCUT2D eigenvalue weighted by molar-refractivity contribution is 5.94. The molecule has 0 aromatic heterocycles. The fourth-order valence-electron chi connectivity index (χ4n) is 1.94. The zero-order valence-corrected chi connectivity index (χ0v) is 9.03. The summed E-state index contributed by atoms with van der Waals surface area (Å²) >= 11 is 0. The minimum Gasteiger partial charge on any atom is -0.374 e. The fourth-order valence-corrected chi connectivity index (χ4v) is 1.94. The minimum atomic E-state index is 0.117. The van der Waals surface area contributed by atoms with Crippen molar-refractivity contribution < 1.29 is 9.53 Å². The molecule has 15 heavy (non-hydrogen) atoms. The number of carbonyl (C=O) groups excluding carboxylic acids is 1. The first-order valence-electron chi connectivity index (χ1n) is 5.50. The van der Waals surface area contributed by atoms with E-state index >= 15 is 0 Å². The van der Waals surface area contributed by atoms with Gasteiger partial charge < -0.3 is 4.74 Å². The summed E-state index contributed by atoms with van der Waals surface area (Å²) in [5, 5.41) is 0. The van der Waals surface area contributed by atoms with E-state index in [1.165, 1.54) is 18.4 Å². The van der Waals surface area contributed by atoms with Gasteiger partial charge in [-0.15, -0.1) is 0 Å². The topological polar surface area (TPSA) is 26.3 Å². The minimum absolute atomic E-state index is 0.117. The Labute approximate surface area is 90.3 Å². The molecule has 0 spiro atoms. The van der Waals surface area contributed by atoms with E-state index in [-0.39, 0.29) is 11.9 Å². The molecule has 2 rings (SSSR count). The molecule has 0 radical (unpaired) electrons. The van der Waals surface area contributed by atoms with Crippen LogP contribution in [0.4, 0.5) is 0 Å². The Morgan fingerprint density at radius 1 is 1.27 bits per heavy atom. The molecule has 2 heteroatoms. The van der Waals surface area contributed by atoms with Gasteiger partial charge in [0, 0.05) is 12.2 Å². The quantitative estimate of drug-likeness (QED) is 0.692. The lowest BCUT2D eigenvalue weighted by molar-refractivity contribution is 0.0149. The van der Waals surface area contributed by atoms with Gasteiger partial charge in [0.2, 0.25) is 0 Å². The van der Waals surface area contributed by atoms with Crippen molar-refractivity contribution in [1.82, 2.24) is 0 Å². The summed E-state index contributed by atoms with van der Waals surface area (Å²) in [5.74, 6) is 0.117. The van der Waals surface area contributed by atoms with Gasteiger partial charge in [-0.3, -0.25) is 4.79 Å².